The lowest BCUT2D eigenvalue weighted by atomic mass is 10.1. The molecule has 0 fully saturated rings. The Morgan fingerprint density at radius 2 is 2.07 bits per heavy atom. The summed E-state index contributed by atoms with van der Waals surface area (Å²) in [4.78, 5) is 2.41. The van der Waals surface area contributed by atoms with Gasteiger partial charge in [-0.3, -0.25) is 0 Å². The molecular weight excluding hydrogens is 409 g/mol. The van der Waals surface area contributed by atoms with Crippen LogP contribution >= 0.6 is 11.3 Å². The molecule has 1 unspecified atom stereocenters. The summed E-state index contributed by atoms with van der Waals surface area (Å²) in [6.45, 7) is -0.483. The van der Waals surface area contributed by atoms with E-state index < -0.39 is 18.2 Å². The normalized spacial score (nSPS) is 17.3. The van der Waals surface area contributed by atoms with Crippen LogP contribution in [-0.4, -0.2) is 47.6 Å². The Hall–Kier alpha value is -2.76. The third-order valence-corrected chi connectivity index (χ3v) is 5.66. The minimum absolute atomic E-state index is 0.0298. The first-order valence-electron chi connectivity index (χ1n) is 8.62. The topological polar surface area (TPSA) is 83.6 Å². The van der Waals surface area contributed by atoms with Crippen molar-refractivity contribution in [3.05, 3.63) is 46.6 Å². The number of hydrogen-bond acceptors (Lipinski definition) is 8. The van der Waals surface area contributed by atoms with E-state index in [1.165, 1.54) is 28.6 Å². The fourth-order valence-corrected chi connectivity index (χ4v) is 3.98. The number of thiophene rings is 1. The van der Waals surface area contributed by atoms with Gasteiger partial charge in [-0.25, -0.2) is 9.40 Å². The number of aliphatic hydroxyl groups is 1. The predicted molar refractivity (Wildman–Crippen MR) is 101 cm³/mol. The third kappa shape index (κ3) is 3.88. The van der Waals surface area contributed by atoms with Crippen molar-refractivity contribution in [3.63, 3.8) is 0 Å². The molecule has 3 N–H and O–H groups in total. The van der Waals surface area contributed by atoms with Crippen LogP contribution < -0.4 is 15.2 Å². The van der Waals surface area contributed by atoms with E-state index in [4.69, 9.17) is 15.2 Å². The van der Waals surface area contributed by atoms with Crippen molar-refractivity contribution in [1.82, 2.24) is 9.91 Å². The molecule has 0 aliphatic carbocycles. The molecule has 0 spiro atoms. The van der Waals surface area contributed by atoms with Gasteiger partial charge < -0.3 is 25.2 Å². The number of aliphatic hydroxyl groups excluding tert-OH is 1. The van der Waals surface area contributed by atoms with Crippen LogP contribution in [0.25, 0.3) is 10.4 Å². The maximum atomic E-state index is 14.5. The quantitative estimate of drug-likeness (QED) is 0.739. The van der Waals surface area contributed by atoms with Gasteiger partial charge in [-0.2, -0.15) is 13.9 Å². The lowest BCUT2D eigenvalue weighted by molar-refractivity contribution is -0.0566. The van der Waals surface area contributed by atoms with Crippen molar-refractivity contribution in [2.45, 2.75) is 12.9 Å². The molecule has 1 aromatic carbocycles. The number of halogens is 3. The van der Waals surface area contributed by atoms with E-state index in [0.717, 1.165) is 10.6 Å². The fraction of sp³-hybridized carbons (Fsp3) is 0.278. The number of rotatable bonds is 6. The van der Waals surface area contributed by atoms with E-state index >= 15 is 0 Å². The molecule has 2 aliphatic heterocycles. The average molecular weight is 426 g/mol. The Bertz CT molecular complexity index is 977. The molecule has 0 amide bonds. The Labute approximate surface area is 168 Å². The van der Waals surface area contributed by atoms with Gasteiger partial charge in [0.25, 0.3) is 6.08 Å². The molecule has 3 heterocycles. The van der Waals surface area contributed by atoms with Crippen molar-refractivity contribution in [3.8, 4) is 21.9 Å². The maximum Gasteiger partial charge on any atom is 0.272 e. The van der Waals surface area contributed by atoms with Crippen LogP contribution in [0.4, 0.5) is 13.2 Å². The molecule has 4 rings (SSSR count). The average Bonchev–Trinajstić information content (AvgIpc) is 3.40. The Balaban J connectivity index is 1.47. The zero-order chi connectivity index (χ0) is 20.5. The molecule has 0 saturated carbocycles. The standard InChI is InChI=1S/C18H17F3N4O3S/c19-12-4-15(10-1-2-13-14(3-10)28-9-27-13)29-16(12)7-24-8-23-25(18(24)26)6-11(5-22)17(20)21/h1-4,8,18,26H,5-7,9,22H2. The van der Waals surface area contributed by atoms with E-state index in [0.29, 0.717) is 21.3 Å². The van der Waals surface area contributed by atoms with Crippen LogP contribution in [0.15, 0.2) is 41.0 Å². The van der Waals surface area contributed by atoms with Gasteiger partial charge in [-0.05, 0) is 29.8 Å². The SMILES string of the molecule is NCC(CN1N=CN(Cc2sc(-c3ccc4c(c3)OCO4)cc2F)C1O)=C(F)F. The first kappa shape index (κ1) is 19.6. The van der Waals surface area contributed by atoms with Crippen LogP contribution in [0, 0.1) is 5.82 Å². The van der Waals surface area contributed by atoms with Crippen LogP contribution in [0.2, 0.25) is 0 Å². The molecule has 0 bridgehead atoms. The lowest BCUT2D eigenvalue weighted by Gasteiger charge is -2.25. The summed E-state index contributed by atoms with van der Waals surface area (Å²) in [6, 6.07) is 6.75. The highest BCUT2D eigenvalue weighted by Crippen LogP contribution is 2.39. The number of hydrazone groups is 1. The summed E-state index contributed by atoms with van der Waals surface area (Å²) >= 11 is 1.22. The second kappa shape index (κ2) is 7.93. The van der Waals surface area contributed by atoms with Crippen LogP contribution in [0.5, 0.6) is 11.5 Å². The van der Waals surface area contributed by atoms with Crippen LogP contribution in [0.3, 0.4) is 0 Å². The zero-order valence-corrected chi connectivity index (χ0v) is 15.8. The highest BCUT2D eigenvalue weighted by Gasteiger charge is 2.28. The first-order chi connectivity index (χ1) is 14.0. The van der Waals surface area contributed by atoms with Gasteiger partial charge >= 0.3 is 0 Å². The Morgan fingerprint density at radius 1 is 1.28 bits per heavy atom. The van der Waals surface area contributed by atoms with Crippen molar-refractivity contribution in [1.29, 1.82) is 0 Å². The summed E-state index contributed by atoms with van der Waals surface area (Å²) in [5.41, 5.74) is 5.74. The summed E-state index contributed by atoms with van der Waals surface area (Å²) in [5.74, 6) is 0.802. The molecule has 1 atom stereocenters. The second-order valence-corrected chi connectivity index (χ2v) is 7.50. The van der Waals surface area contributed by atoms with Gasteiger partial charge in [0.1, 0.15) is 12.2 Å². The molecule has 0 saturated heterocycles. The number of benzene rings is 1. The molecule has 29 heavy (non-hydrogen) atoms. The van der Waals surface area contributed by atoms with Crippen molar-refractivity contribution in [2.24, 2.45) is 10.8 Å². The van der Waals surface area contributed by atoms with E-state index in [1.54, 1.807) is 12.1 Å². The lowest BCUT2D eigenvalue weighted by Crippen LogP contribution is -2.40. The number of ether oxygens (including phenoxy) is 2. The van der Waals surface area contributed by atoms with Gasteiger partial charge in [0.05, 0.1) is 18.0 Å². The summed E-state index contributed by atoms with van der Waals surface area (Å²) in [5, 5.41) is 15.3. The summed E-state index contributed by atoms with van der Waals surface area (Å²) in [6.07, 6.45) is -1.91. The van der Waals surface area contributed by atoms with E-state index in [9.17, 15) is 18.3 Å². The van der Waals surface area contributed by atoms with E-state index in [2.05, 4.69) is 5.10 Å². The number of hydrogen-bond donors (Lipinski definition) is 2. The number of nitrogens with zero attached hydrogens (tertiary/aromatic N) is 3. The van der Waals surface area contributed by atoms with E-state index in [1.807, 2.05) is 6.07 Å². The summed E-state index contributed by atoms with van der Waals surface area (Å²) < 4.78 is 50.7. The fourth-order valence-electron chi connectivity index (χ4n) is 2.94. The van der Waals surface area contributed by atoms with Crippen molar-refractivity contribution in [2.75, 3.05) is 19.9 Å². The van der Waals surface area contributed by atoms with Crippen LogP contribution in [0.1, 0.15) is 4.88 Å². The number of fused-ring (bicyclic) bond motifs is 1. The van der Waals surface area contributed by atoms with Gasteiger partial charge in [0.15, 0.2) is 11.5 Å². The molecule has 1 aromatic heterocycles. The minimum atomic E-state index is -1.90. The van der Waals surface area contributed by atoms with Gasteiger partial charge in [-0.1, -0.05) is 0 Å². The van der Waals surface area contributed by atoms with Gasteiger partial charge in [0, 0.05) is 17.0 Å². The maximum absolute atomic E-state index is 14.5. The van der Waals surface area contributed by atoms with Gasteiger partial charge in [-0.15, -0.1) is 11.3 Å². The highest BCUT2D eigenvalue weighted by atomic mass is 32.1. The van der Waals surface area contributed by atoms with Crippen LogP contribution in [-0.2, 0) is 6.54 Å². The number of nitrogens with two attached hydrogens (primary N) is 1. The molecule has 2 aromatic rings. The predicted octanol–water partition coefficient (Wildman–Crippen LogP) is 2.73. The van der Waals surface area contributed by atoms with Crippen molar-refractivity contribution < 1.29 is 27.8 Å². The van der Waals surface area contributed by atoms with E-state index in [-0.39, 0.29) is 32.0 Å². The molecule has 11 heteroatoms. The minimum Gasteiger partial charge on any atom is -0.454 e. The second-order valence-electron chi connectivity index (χ2n) is 6.37. The zero-order valence-electron chi connectivity index (χ0n) is 15.0. The highest BCUT2D eigenvalue weighted by molar-refractivity contribution is 7.15. The first-order valence-corrected chi connectivity index (χ1v) is 9.44. The summed E-state index contributed by atoms with van der Waals surface area (Å²) in [7, 11) is 0. The Morgan fingerprint density at radius 3 is 2.83 bits per heavy atom. The van der Waals surface area contributed by atoms with Gasteiger partial charge in [0.2, 0.25) is 13.1 Å². The Kier molecular flexibility index (Phi) is 5.35. The molecule has 2 aliphatic rings. The van der Waals surface area contributed by atoms with Crippen molar-refractivity contribution >= 4 is 17.7 Å². The molecule has 7 nitrogen and oxygen atoms in total. The molecular formula is C18H17F3N4O3S. The monoisotopic (exact) mass is 426 g/mol. The smallest absolute Gasteiger partial charge is 0.272 e. The molecule has 154 valence electrons. The third-order valence-electron chi connectivity index (χ3n) is 4.52. The largest absolute Gasteiger partial charge is 0.454 e. The molecule has 0 radical (unpaired) electrons.